The highest BCUT2D eigenvalue weighted by Gasteiger charge is 2.16. The first-order valence-electron chi connectivity index (χ1n) is 5.29. The van der Waals surface area contributed by atoms with Crippen LogP contribution in [0.5, 0.6) is 0 Å². The number of rotatable bonds is 4. The molecule has 1 aliphatic heterocycles. The summed E-state index contributed by atoms with van der Waals surface area (Å²) < 4.78 is 0. The largest absolute Gasteiger partial charge is 0.364 e. The van der Waals surface area contributed by atoms with Gasteiger partial charge in [0, 0.05) is 18.8 Å². The molecule has 3 nitrogen and oxygen atoms in total. The number of carbonyl (C=O) groups is 1. The summed E-state index contributed by atoms with van der Waals surface area (Å²) in [5.74, 6) is 0.812. The zero-order chi connectivity index (χ0) is 10.6. The quantitative estimate of drug-likeness (QED) is 0.736. The van der Waals surface area contributed by atoms with Crippen molar-refractivity contribution in [1.29, 1.82) is 0 Å². The maximum atomic E-state index is 11.1. The molecule has 1 heterocycles. The van der Waals surface area contributed by atoms with Gasteiger partial charge >= 0.3 is 0 Å². The molecule has 0 aromatic heterocycles. The van der Waals surface area contributed by atoms with E-state index in [1.54, 1.807) is 0 Å². The summed E-state index contributed by atoms with van der Waals surface area (Å²) in [6.45, 7) is 10.6. The molecular weight excluding hydrogens is 176 g/mol. The molecule has 3 heteroatoms. The van der Waals surface area contributed by atoms with Crippen LogP contribution < -0.4 is 5.32 Å². The Bertz CT molecular complexity index is 223. The Hall–Kier alpha value is -0.990. The van der Waals surface area contributed by atoms with Crippen molar-refractivity contribution in [2.75, 3.05) is 19.6 Å². The first-order chi connectivity index (χ1) is 6.59. The molecule has 1 fully saturated rings. The van der Waals surface area contributed by atoms with Crippen molar-refractivity contribution >= 4 is 5.91 Å². The summed E-state index contributed by atoms with van der Waals surface area (Å²) in [6.07, 6.45) is 2.15. The number of nitrogens with one attached hydrogen (secondary N) is 1. The first-order valence-corrected chi connectivity index (χ1v) is 5.29. The van der Waals surface area contributed by atoms with Crippen molar-refractivity contribution in [2.45, 2.75) is 26.7 Å². The fourth-order valence-corrected chi connectivity index (χ4v) is 1.52. The highest BCUT2D eigenvalue weighted by atomic mass is 16.2. The van der Waals surface area contributed by atoms with Gasteiger partial charge in [-0.15, -0.1) is 0 Å². The summed E-state index contributed by atoms with van der Waals surface area (Å²) in [4.78, 5) is 13.2. The fourth-order valence-electron chi connectivity index (χ4n) is 1.52. The predicted molar refractivity (Wildman–Crippen MR) is 57.8 cm³/mol. The Morgan fingerprint density at radius 2 is 2.36 bits per heavy atom. The van der Waals surface area contributed by atoms with Gasteiger partial charge in [-0.3, -0.25) is 4.79 Å². The van der Waals surface area contributed by atoms with E-state index in [1.807, 2.05) is 0 Å². The molecule has 1 rings (SSSR count). The van der Waals surface area contributed by atoms with E-state index in [1.165, 1.54) is 0 Å². The maximum absolute atomic E-state index is 11.1. The third-order valence-electron chi connectivity index (χ3n) is 2.50. The van der Waals surface area contributed by atoms with Crippen LogP contribution in [-0.4, -0.2) is 30.4 Å². The molecule has 1 N–H and O–H groups in total. The third-order valence-corrected chi connectivity index (χ3v) is 2.50. The molecular formula is C11H20N2O. The van der Waals surface area contributed by atoms with E-state index in [4.69, 9.17) is 0 Å². The fraction of sp³-hybridized carbons (Fsp3) is 0.727. The number of nitrogens with zero attached hydrogens (tertiary/aromatic N) is 1. The highest BCUT2D eigenvalue weighted by molar-refractivity contribution is 5.78. The molecule has 1 amide bonds. The van der Waals surface area contributed by atoms with Crippen molar-refractivity contribution in [3.05, 3.63) is 12.3 Å². The Kier molecular flexibility index (Phi) is 3.98. The second-order valence-electron chi connectivity index (χ2n) is 4.27. The SMILES string of the molecule is C=C(CCC(C)C)N1CCNC(=O)C1. The lowest BCUT2D eigenvalue weighted by atomic mass is 10.1. The van der Waals surface area contributed by atoms with Gasteiger partial charge in [-0.1, -0.05) is 20.4 Å². The number of amides is 1. The molecule has 0 bridgehead atoms. The van der Waals surface area contributed by atoms with Crippen molar-refractivity contribution < 1.29 is 4.79 Å². The summed E-state index contributed by atoms with van der Waals surface area (Å²) >= 11 is 0. The monoisotopic (exact) mass is 196 g/mol. The number of allylic oxidation sites excluding steroid dienone is 1. The van der Waals surface area contributed by atoms with Crippen LogP contribution in [0.4, 0.5) is 0 Å². The van der Waals surface area contributed by atoms with E-state index < -0.39 is 0 Å². The van der Waals surface area contributed by atoms with Gasteiger partial charge in [0.2, 0.25) is 5.91 Å². The Morgan fingerprint density at radius 1 is 1.64 bits per heavy atom. The van der Waals surface area contributed by atoms with Crippen LogP contribution in [0.3, 0.4) is 0 Å². The van der Waals surface area contributed by atoms with Crippen LogP contribution >= 0.6 is 0 Å². The summed E-state index contributed by atoms with van der Waals surface area (Å²) in [7, 11) is 0. The summed E-state index contributed by atoms with van der Waals surface area (Å²) in [5.41, 5.74) is 1.11. The van der Waals surface area contributed by atoms with Gasteiger partial charge in [0.25, 0.3) is 0 Å². The Balaban J connectivity index is 2.32. The zero-order valence-electron chi connectivity index (χ0n) is 9.18. The van der Waals surface area contributed by atoms with E-state index in [9.17, 15) is 4.79 Å². The molecule has 0 atom stereocenters. The lowest BCUT2D eigenvalue weighted by Gasteiger charge is -2.30. The minimum absolute atomic E-state index is 0.113. The van der Waals surface area contributed by atoms with E-state index >= 15 is 0 Å². The number of hydrogen-bond acceptors (Lipinski definition) is 2. The first kappa shape index (κ1) is 11.1. The minimum Gasteiger partial charge on any atom is -0.364 e. The van der Waals surface area contributed by atoms with Crippen molar-refractivity contribution in [3.63, 3.8) is 0 Å². The third kappa shape index (κ3) is 3.40. The molecule has 0 aliphatic carbocycles. The van der Waals surface area contributed by atoms with Gasteiger partial charge in [-0.05, 0) is 18.8 Å². The smallest absolute Gasteiger partial charge is 0.239 e. The lowest BCUT2D eigenvalue weighted by Crippen LogP contribution is -2.46. The summed E-state index contributed by atoms with van der Waals surface area (Å²) in [6, 6.07) is 0. The molecule has 0 aromatic carbocycles. The van der Waals surface area contributed by atoms with Crippen LogP contribution in [0.25, 0.3) is 0 Å². The van der Waals surface area contributed by atoms with Gasteiger partial charge in [0.05, 0.1) is 6.54 Å². The van der Waals surface area contributed by atoms with Crippen molar-refractivity contribution in [1.82, 2.24) is 10.2 Å². The topological polar surface area (TPSA) is 32.3 Å². The number of carbonyl (C=O) groups excluding carboxylic acids is 1. The van der Waals surface area contributed by atoms with Crippen LogP contribution in [0.15, 0.2) is 12.3 Å². The normalized spacial score (nSPS) is 17.1. The summed E-state index contributed by atoms with van der Waals surface area (Å²) in [5, 5.41) is 2.81. The van der Waals surface area contributed by atoms with Crippen LogP contribution in [0, 0.1) is 5.92 Å². The second-order valence-corrected chi connectivity index (χ2v) is 4.27. The standard InChI is InChI=1S/C11H20N2O/c1-9(2)4-5-10(3)13-7-6-12-11(14)8-13/h9H,3-8H2,1-2H3,(H,12,14). The van der Waals surface area contributed by atoms with Gasteiger partial charge < -0.3 is 10.2 Å². The highest BCUT2D eigenvalue weighted by Crippen LogP contribution is 2.14. The molecule has 0 spiro atoms. The van der Waals surface area contributed by atoms with E-state index in [-0.39, 0.29) is 5.91 Å². The van der Waals surface area contributed by atoms with Gasteiger partial charge in [0.1, 0.15) is 0 Å². The van der Waals surface area contributed by atoms with Crippen molar-refractivity contribution in [2.24, 2.45) is 5.92 Å². The van der Waals surface area contributed by atoms with E-state index in [2.05, 4.69) is 30.6 Å². The molecule has 0 saturated carbocycles. The maximum Gasteiger partial charge on any atom is 0.239 e. The van der Waals surface area contributed by atoms with Gasteiger partial charge in [-0.2, -0.15) is 0 Å². The molecule has 14 heavy (non-hydrogen) atoms. The molecule has 1 saturated heterocycles. The Labute approximate surface area is 86.2 Å². The van der Waals surface area contributed by atoms with Crippen molar-refractivity contribution in [3.8, 4) is 0 Å². The minimum atomic E-state index is 0.113. The second kappa shape index (κ2) is 5.03. The molecule has 0 radical (unpaired) electrons. The van der Waals surface area contributed by atoms with Crippen LogP contribution in [0.2, 0.25) is 0 Å². The Morgan fingerprint density at radius 3 is 2.93 bits per heavy atom. The number of hydrogen-bond donors (Lipinski definition) is 1. The van der Waals surface area contributed by atoms with Gasteiger partial charge in [0.15, 0.2) is 0 Å². The molecule has 0 aromatic rings. The molecule has 80 valence electrons. The molecule has 1 aliphatic rings. The lowest BCUT2D eigenvalue weighted by molar-refractivity contribution is -0.123. The number of piperazine rings is 1. The zero-order valence-corrected chi connectivity index (χ0v) is 9.18. The molecule has 0 unspecified atom stereocenters. The predicted octanol–water partition coefficient (Wildman–Crippen LogP) is 1.37. The van der Waals surface area contributed by atoms with E-state index in [0.29, 0.717) is 12.5 Å². The van der Waals surface area contributed by atoms with Crippen LogP contribution in [-0.2, 0) is 4.79 Å². The van der Waals surface area contributed by atoms with E-state index in [0.717, 1.165) is 31.6 Å². The average molecular weight is 196 g/mol. The average Bonchev–Trinajstić information content (AvgIpc) is 2.14. The van der Waals surface area contributed by atoms with Gasteiger partial charge in [-0.25, -0.2) is 0 Å². The van der Waals surface area contributed by atoms with Crippen LogP contribution in [0.1, 0.15) is 26.7 Å².